The SMILES string of the molecule is CC(/C=C1/C(=O)N(CC(=O)OC(C)(C)C)C1S(=O)(=O)c1cnoc1C)=N\OCc1ccc(Br)cc1. The largest absolute Gasteiger partial charge is 0.459 e. The van der Waals surface area contributed by atoms with Crippen molar-refractivity contribution in [1.29, 1.82) is 0 Å². The van der Waals surface area contributed by atoms with Crippen molar-refractivity contribution in [3.05, 3.63) is 57.9 Å². The predicted molar refractivity (Wildman–Crippen MR) is 130 cm³/mol. The maximum absolute atomic E-state index is 13.4. The molecule has 1 amide bonds. The Kier molecular flexibility index (Phi) is 7.85. The summed E-state index contributed by atoms with van der Waals surface area (Å²) in [6.45, 7) is 7.72. The van der Waals surface area contributed by atoms with Gasteiger partial charge in [-0.1, -0.05) is 38.4 Å². The number of aromatic nitrogens is 1. The Balaban J connectivity index is 1.85. The van der Waals surface area contributed by atoms with Gasteiger partial charge in [-0.05, 0) is 58.4 Å². The lowest BCUT2D eigenvalue weighted by Gasteiger charge is -2.41. The van der Waals surface area contributed by atoms with Crippen LogP contribution in [0.1, 0.15) is 39.0 Å². The van der Waals surface area contributed by atoms with Crippen LogP contribution in [0.4, 0.5) is 0 Å². The van der Waals surface area contributed by atoms with E-state index in [1.165, 1.54) is 13.0 Å². The average molecular weight is 568 g/mol. The number of allylic oxidation sites excluding steroid dienone is 1. The highest BCUT2D eigenvalue weighted by molar-refractivity contribution is 9.10. The molecule has 35 heavy (non-hydrogen) atoms. The Morgan fingerprint density at radius 2 is 1.94 bits per heavy atom. The number of esters is 1. The van der Waals surface area contributed by atoms with E-state index in [1.54, 1.807) is 27.7 Å². The lowest BCUT2D eigenvalue weighted by Crippen LogP contribution is -2.60. The molecule has 0 aliphatic carbocycles. The van der Waals surface area contributed by atoms with Gasteiger partial charge < -0.3 is 19.0 Å². The number of oxime groups is 1. The second-order valence-electron chi connectivity index (χ2n) is 8.90. The number of rotatable bonds is 8. The Hall–Kier alpha value is -2.99. The molecule has 3 rings (SSSR count). The van der Waals surface area contributed by atoms with Crippen molar-refractivity contribution in [2.45, 2.75) is 57.1 Å². The first kappa shape index (κ1) is 26.6. The van der Waals surface area contributed by atoms with Gasteiger partial charge >= 0.3 is 5.97 Å². The molecule has 0 N–H and O–H groups in total. The van der Waals surface area contributed by atoms with Gasteiger partial charge in [-0.3, -0.25) is 9.59 Å². The number of carbonyl (C=O) groups is 2. The second kappa shape index (κ2) is 10.3. The smallest absolute Gasteiger partial charge is 0.326 e. The van der Waals surface area contributed by atoms with Crippen LogP contribution >= 0.6 is 15.9 Å². The van der Waals surface area contributed by atoms with E-state index in [1.807, 2.05) is 24.3 Å². The zero-order valence-corrected chi connectivity index (χ0v) is 22.3. The molecule has 1 unspecified atom stereocenters. The number of hydrogen-bond donors (Lipinski definition) is 0. The summed E-state index contributed by atoms with van der Waals surface area (Å²) in [4.78, 5) is 31.3. The molecule has 1 aliphatic heterocycles. The first-order chi connectivity index (χ1) is 16.3. The van der Waals surface area contributed by atoms with E-state index in [0.29, 0.717) is 0 Å². The number of amides is 1. The van der Waals surface area contributed by atoms with Crippen LogP contribution in [0.3, 0.4) is 0 Å². The number of carbonyl (C=O) groups excluding carboxylic acids is 2. The summed E-state index contributed by atoms with van der Waals surface area (Å²) in [5, 5.41) is 6.06. The van der Waals surface area contributed by atoms with Gasteiger partial charge in [-0.2, -0.15) is 0 Å². The van der Waals surface area contributed by atoms with Crippen LogP contribution in [0.2, 0.25) is 0 Å². The van der Waals surface area contributed by atoms with E-state index in [2.05, 4.69) is 26.2 Å². The number of likely N-dealkylation sites (tertiary alicyclic amines) is 1. The molecule has 2 heterocycles. The van der Waals surface area contributed by atoms with Crippen molar-refractivity contribution >= 4 is 43.4 Å². The number of hydrogen-bond acceptors (Lipinski definition) is 9. The third-order valence-corrected chi connectivity index (χ3v) is 7.43. The number of sulfone groups is 1. The van der Waals surface area contributed by atoms with E-state index in [4.69, 9.17) is 14.1 Å². The number of halogens is 1. The summed E-state index contributed by atoms with van der Waals surface area (Å²) in [5.74, 6) is -1.28. The summed E-state index contributed by atoms with van der Waals surface area (Å²) < 4.78 is 37.9. The highest BCUT2D eigenvalue weighted by Crippen LogP contribution is 2.35. The van der Waals surface area contributed by atoms with Crippen LogP contribution in [0.5, 0.6) is 0 Å². The molecule has 1 aromatic heterocycles. The first-order valence-corrected chi connectivity index (χ1v) is 12.9. The minimum atomic E-state index is -4.15. The zero-order chi connectivity index (χ0) is 26.0. The lowest BCUT2D eigenvalue weighted by molar-refractivity contribution is -0.160. The van der Waals surface area contributed by atoms with Gasteiger partial charge in [-0.25, -0.2) is 8.42 Å². The quantitative estimate of drug-likeness (QED) is 0.156. The van der Waals surface area contributed by atoms with Gasteiger partial charge in [0.1, 0.15) is 23.6 Å². The number of benzene rings is 1. The fourth-order valence-electron chi connectivity index (χ4n) is 3.34. The first-order valence-electron chi connectivity index (χ1n) is 10.6. The number of β-lactam (4-membered cyclic amide) rings is 1. The van der Waals surface area contributed by atoms with Gasteiger partial charge in [0, 0.05) is 4.47 Å². The molecule has 1 saturated heterocycles. The molecule has 2 aromatic rings. The summed E-state index contributed by atoms with van der Waals surface area (Å²) in [5.41, 5.74) is 0.315. The monoisotopic (exact) mass is 567 g/mol. The Morgan fingerprint density at radius 1 is 1.29 bits per heavy atom. The third kappa shape index (κ3) is 6.37. The van der Waals surface area contributed by atoms with Crippen LogP contribution in [0.25, 0.3) is 0 Å². The van der Waals surface area contributed by atoms with E-state index in [9.17, 15) is 18.0 Å². The maximum Gasteiger partial charge on any atom is 0.326 e. The Morgan fingerprint density at radius 3 is 2.51 bits per heavy atom. The average Bonchev–Trinajstić information content (AvgIpc) is 3.19. The molecule has 12 heteroatoms. The third-order valence-electron chi connectivity index (χ3n) is 4.80. The zero-order valence-electron chi connectivity index (χ0n) is 19.9. The van der Waals surface area contributed by atoms with Crippen molar-refractivity contribution < 1.29 is 32.1 Å². The molecular formula is C23H26BrN3O7S. The number of nitrogens with zero attached hydrogens (tertiary/aromatic N) is 3. The summed E-state index contributed by atoms with van der Waals surface area (Å²) >= 11 is 3.36. The van der Waals surface area contributed by atoms with E-state index in [0.717, 1.165) is 21.1 Å². The topological polar surface area (TPSA) is 128 Å². The molecule has 0 saturated carbocycles. The van der Waals surface area contributed by atoms with E-state index in [-0.39, 0.29) is 28.5 Å². The highest BCUT2D eigenvalue weighted by atomic mass is 79.9. The van der Waals surface area contributed by atoms with Gasteiger partial charge in [-0.15, -0.1) is 0 Å². The van der Waals surface area contributed by atoms with Crippen molar-refractivity contribution in [3.63, 3.8) is 0 Å². The number of ether oxygens (including phenoxy) is 1. The minimum absolute atomic E-state index is 0.0531. The normalized spacial score (nSPS) is 17.9. The molecule has 0 spiro atoms. The summed E-state index contributed by atoms with van der Waals surface area (Å²) in [7, 11) is -4.15. The fourth-order valence-corrected chi connectivity index (χ4v) is 5.48. The molecule has 0 bridgehead atoms. The molecule has 1 atom stereocenters. The maximum atomic E-state index is 13.4. The summed E-state index contributed by atoms with van der Waals surface area (Å²) in [6, 6.07) is 7.46. The molecule has 10 nitrogen and oxygen atoms in total. The van der Waals surface area contributed by atoms with Gasteiger partial charge in [0.2, 0.25) is 9.84 Å². The van der Waals surface area contributed by atoms with Crippen LogP contribution < -0.4 is 0 Å². The van der Waals surface area contributed by atoms with Crippen molar-refractivity contribution in [3.8, 4) is 0 Å². The lowest BCUT2D eigenvalue weighted by atomic mass is 10.0. The minimum Gasteiger partial charge on any atom is -0.459 e. The fraction of sp³-hybridized carbons (Fsp3) is 0.391. The number of aryl methyl sites for hydroxylation is 1. The molecule has 1 aliphatic rings. The van der Waals surface area contributed by atoms with Crippen molar-refractivity contribution in [2.24, 2.45) is 5.16 Å². The van der Waals surface area contributed by atoms with E-state index < -0.39 is 39.2 Å². The van der Waals surface area contributed by atoms with Crippen LogP contribution in [0.15, 0.2) is 61.2 Å². The predicted octanol–water partition coefficient (Wildman–Crippen LogP) is 3.55. The standard InChI is InChI=1S/C23H26BrN3O7S/c1-14(26-32-13-16-6-8-17(24)9-7-16)10-18-21(29)27(12-20(28)33-23(3,4)5)22(18)35(30,31)19-11-25-34-15(19)2/h6-11,22H,12-13H2,1-5H3/b18-10-,26-14+. The highest BCUT2D eigenvalue weighted by Gasteiger charge is 2.52. The van der Waals surface area contributed by atoms with Crippen molar-refractivity contribution in [1.82, 2.24) is 10.1 Å². The van der Waals surface area contributed by atoms with Crippen LogP contribution in [-0.4, -0.2) is 53.6 Å². The molecule has 188 valence electrons. The molecular weight excluding hydrogens is 542 g/mol. The van der Waals surface area contributed by atoms with Gasteiger partial charge in [0.15, 0.2) is 11.1 Å². The van der Waals surface area contributed by atoms with Gasteiger partial charge in [0.25, 0.3) is 5.91 Å². The Labute approximate surface area is 212 Å². The molecule has 1 fully saturated rings. The Bertz CT molecular complexity index is 1270. The second-order valence-corrected chi connectivity index (χ2v) is 11.8. The van der Waals surface area contributed by atoms with Crippen LogP contribution in [-0.2, 0) is 35.6 Å². The van der Waals surface area contributed by atoms with E-state index >= 15 is 0 Å². The molecule has 0 radical (unpaired) electrons. The summed E-state index contributed by atoms with van der Waals surface area (Å²) in [6.07, 6.45) is 2.40. The van der Waals surface area contributed by atoms with Crippen LogP contribution in [0, 0.1) is 6.92 Å². The van der Waals surface area contributed by atoms with Gasteiger partial charge in [0.05, 0.1) is 17.5 Å². The molecule has 1 aromatic carbocycles. The van der Waals surface area contributed by atoms with Crippen molar-refractivity contribution in [2.75, 3.05) is 6.54 Å².